The Balaban J connectivity index is 1.50. The van der Waals surface area contributed by atoms with Crippen molar-refractivity contribution in [2.24, 2.45) is 17.8 Å². The van der Waals surface area contributed by atoms with Crippen molar-refractivity contribution in [3.05, 3.63) is 41.7 Å². The maximum absolute atomic E-state index is 14.7. The van der Waals surface area contributed by atoms with Crippen molar-refractivity contribution in [3.8, 4) is 5.75 Å². The molecule has 28 heavy (non-hydrogen) atoms. The Morgan fingerprint density at radius 2 is 1.79 bits per heavy atom. The van der Waals surface area contributed by atoms with Crippen LogP contribution in [0.15, 0.2) is 30.3 Å². The van der Waals surface area contributed by atoms with Crippen molar-refractivity contribution >= 4 is 10.8 Å². The molecular weight excluding hydrogens is 361 g/mol. The molecule has 0 N–H and O–H groups in total. The predicted octanol–water partition coefficient (Wildman–Crippen LogP) is 7.68. The van der Waals surface area contributed by atoms with E-state index >= 15 is 0 Å². The Labute approximate surface area is 165 Å². The van der Waals surface area contributed by atoms with E-state index in [1.807, 2.05) is 6.07 Å². The van der Waals surface area contributed by atoms with Crippen LogP contribution in [0.1, 0.15) is 69.8 Å². The summed E-state index contributed by atoms with van der Waals surface area (Å²) in [5.41, 5.74) is 1.06. The van der Waals surface area contributed by atoms with E-state index in [1.54, 1.807) is 12.1 Å². The van der Waals surface area contributed by atoms with E-state index in [2.05, 4.69) is 11.7 Å². The van der Waals surface area contributed by atoms with E-state index in [9.17, 15) is 13.2 Å². The maximum Gasteiger partial charge on any atom is 0.387 e. The minimum absolute atomic E-state index is 0.00139. The summed E-state index contributed by atoms with van der Waals surface area (Å²) in [4.78, 5) is 0. The second-order valence-corrected chi connectivity index (χ2v) is 8.76. The normalized spacial score (nSPS) is 27.8. The van der Waals surface area contributed by atoms with Crippen molar-refractivity contribution in [2.75, 3.05) is 0 Å². The van der Waals surface area contributed by atoms with Gasteiger partial charge in [-0.1, -0.05) is 38.3 Å². The van der Waals surface area contributed by atoms with Crippen molar-refractivity contribution in [1.82, 2.24) is 0 Å². The maximum atomic E-state index is 14.7. The van der Waals surface area contributed by atoms with Crippen LogP contribution < -0.4 is 4.74 Å². The van der Waals surface area contributed by atoms with E-state index in [0.717, 1.165) is 41.5 Å². The molecule has 4 atom stereocenters. The largest absolute Gasteiger partial charge is 0.435 e. The van der Waals surface area contributed by atoms with E-state index in [0.29, 0.717) is 11.3 Å². The molecule has 0 bridgehead atoms. The Morgan fingerprint density at radius 3 is 2.57 bits per heavy atom. The molecule has 2 aliphatic carbocycles. The molecule has 4 heteroatoms. The number of benzene rings is 2. The topological polar surface area (TPSA) is 9.23 Å². The Hall–Kier alpha value is -1.71. The molecule has 0 saturated heterocycles. The van der Waals surface area contributed by atoms with Crippen LogP contribution in [0.4, 0.5) is 13.2 Å². The fraction of sp³-hybridized carbons (Fsp3) is 0.583. The Kier molecular flexibility index (Phi) is 5.84. The molecule has 1 nitrogen and oxygen atoms in total. The molecule has 2 aromatic carbocycles. The van der Waals surface area contributed by atoms with E-state index in [4.69, 9.17) is 0 Å². The van der Waals surface area contributed by atoms with Gasteiger partial charge in [0.25, 0.3) is 0 Å². The van der Waals surface area contributed by atoms with E-state index in [1.165, 1.54) is 50.7 Å². The van der Waals surface area contributed by atoms with Gasteiger partial charge in [0, 0.05) is 5.39 Å². The molecule has 0 heterocycles. The molecule has 4 rings (SSSR count). The fourth-order valence-corrected chi connectivity index (χ4v) is 5.68. The number of halogens is 3. The van der Waals surface area contributed by atoms with Crippen molar-refractivity contribution in [2.45, 2.75) is 70.8 Å². The first kappa shape index (κ1) is 19.6. The smallest absolute Gasteiger partial charge is 0.387 e. The average molecular weight is 390 g/mol. The third-order valence-electron chi connectivity index (χ3n) is 7.01. The summed E-state index contributed by atoms with van der Waals surface area (Å²) in [5, 5.41) is 1.10. The van der Waals surface area contributed by atoms with Crippen LogP contribution in [0.25, 0.3) is 10.8 Å². The third-order valence-corrected chi connectivity index (χ3v) is 7.01. The average Bonchev–Trinajstić information content (AvgIpc) is 2.68. The highest BCUT2D eigenvalue weighted by molar-refractivity contribution is 5.85. The second-order valence-electron chi connectivity index (χ2n) is 8.76. The summed E-state index contributed by atoms with van der Waals surface area (Å²) >= 11 is 0. The summed E-state index contributed by atoms with van der Waals surface area (Å²) in [7, 11) is 0. The van der Waals surface area contributed by atoms with Gasteiger partial charge in [-0.2, -0.15) is 8.78 Å². The molecule has 0 radical (unpaired) electrons. The molecule has 0 aromatic heterocycles. The number of hydrogen-bond donors (Lipinski definition) is 0. The van der Waals surface area contributed by atoms with Crippen LogP contribution in [0.5, 0.6) is 5.75 Å². The standard InChI is InChI=1S/C24H29F3O/c1-2-3-15-4-5-17-11-18(7-6-16(17)10-15)20-12-19-8-9-21(28-24(26)27)14-22(19)23(25)13-20/h8-9,12-18,24H,2-7,10-11H2,1H3. The number of rotatable bonds is 5. The lowest BCUT2D eigenvalue weighted by molar-refractivity contribution is -0.0497. The van der Waals surface area contributed by atoms with Gasteiger partial charge in [0.2, 0.25) is 0 Å². The summed E-state index contributed by atoms with van der Waals surface area (Å²) in [6, 6.07) is 8.19. The lowest BCUT2D eigenvalue weighted by Crippen LogP contribution is -2.30. The zero-order valence-electron chi connectivity index (χ0n) is 16.5. The summed E-state index contributed by atoms with van der Waals surface area (Å²) < 4.78 is 44.0. The van der Waals surface area contributed by atoms with Gasteiger partial charge in [0.15, 0.2) is 0 Å². The zero-order valence-corrected chi connectivity index (χ0v) is 16.5. The van der Waals surface area contributed by atoms with Gasteiger partial charge in [-0.3, -0.25) is 0 Å². The van der Waals surface area contributed by atoms with Crippen LogP contribution in [-0.2, 0) is 0 Å². The molecule has 0 aliphatic heterocycles. The molecular formula is C24H29F3O. The van der Waals surface area contributed by atoms with Gasteiger partial charge in [0.05, 0.1) is 0 Å². The molecule has 4 unspecified atom stereocenters. The van der Waals surface area contributed by atoms with Crippen molar-refractivity contribution in [1.29, 1.82) is 0 Å². The van der Waals surface area contributed by atoms with Crippen molar-refractivity contribution < 1.29 is 17.9 Å². The Bertz CT molecular complexity index is 819. The highest BCUT2D eigenvalue weighted by atomic mass is 19.3. The fourth-order valence-electron chi connectivity index (χ4n) is 5.68. The van der Waals surface area contributed by atoms with Crippen LogP contribution in [-0.4, -0.2) is 6.61 Å². The van der Waals surface area contributed by atoms with Gasteiger partial charge >= 0.3 is 6.61 Å². The molecule has 2 aliphatic rings. The monoisotopic (exact) mass is 390 g/mol. The molecule has 0 amide bonds. The number of ether oxygens (including phenoxy) is 1. The molecule has 2 aromatic rings. The highest BCUT2D eigenvalue weighted by Crippen LogP contribution is 2.48. The SMILES string of the molecule is CCCC1CCC2CC(c3cc(F)c4cc(OC(F)F)ccc4c3)CCC2C1. The van der Waals surface area contributed by atoms with Gasteiger partial charge < -0.3 is 4.74 Å². The molecule has 2 saturated carbocycles. The predicted molar refractivity (Wildman–Crippen MR) is 106 cm³/mol. The lowest BCUT2D eigenvalue weighted by atomic mass is 9.63. The molecule has 2 fully saturated rings. The number of hydrogen-bond acceptors (Lipinski definition) is 1. The quantitative estimate of drug-likeness (QED) is 0.509. The van der Waals surface area contributed by atoms with E-state index in [-0.39, 0.29) is 11.6 Å². The first-order chi connectivity index (χ1) is 13.5. The van der Waals surface area contributed by atoms with Gasteiger partial charge in [-0.25, -0.2) is 4.39 Å². The highest BCUT2D eigenvalue weighted by Gasteiger charge is 2.35. The minimum atomic E-state index is -2.90. The Morgan fingerprint density at radius 1 is 1.00 bits per heavy atom. The van der Waals surface area contributed by atoms with Gasteiger partial charge in [-0.05, 0) is 84.9 Å². The molecule has 152 valence electrons. The number of alkyl halides is 2. The molecule has 0 spiro atoms. The summed E-state index contributed by atoms with van der Waals surface area (Å²) in [6.07, 6.45) is 10.2. The van der Waals surface area contributed by atoms with Crippen LogP contribution in [0, 0.1) is 23.6 Å². The summed E-state index contributed by atoms with van der Waals surface area (Å²) in [5.74, 6) is 2.58. The van der Waals surface area contributed by atoms with Crippen LogP contribution in [0.3, 0.4) is 0 Å². The summed E-state index contributed by atoms with van der Waals surface area (Å²) in [6.45, 7) is -0.623. The van der Waals surface area contributed by atoms with Gasteiger partial charge in [0.1, 0.15) is 11.6 Å². The first-order valence-corrected chi connectivity index (χ1v) is 10.7. The second kappa shape index (κ2) is 8.34. The zero-order chi connectivity index (χ0) is 19.7. The van der Waals surface area contributed by atoms with Crippen LogP contribution in [0.2, 0.25) is 0 Å². The van der Waals surface area contributed by atoms with Gasteiger partial charge in [-0.15, -0.1) is 0 Å². The number of fused-ring (bicyclic) bond motifs is 2. The first-order valence-electron chi connectivity index (χ1n) is 10.7. The van der Waals surface area contributed by atoms with E-state index < -0.39 is 6.61 Å². The third kappa shape index (κ3) is 4.16. The minimum Gasteiger partial charge on any atom is -0.435 e. The lowest BCUT2D eigenvalue weighted by Gasteiger charge is -2.42. The van der Waals surface area contributed by atoms with Crippen LogP contribution >= 0.6 is 0 Å². The van der Waals surface area contributed by atoms with Crippen molar-refractivity contribution in [3.63, 3.8) is 0 Å².